The van der Waals surface area contributed by atoms with E-state index in [9.17, 15) is 18.0 Å². The molecule has 0 unspecified atom stereocenters. The Balaban J connectivity index is 1.35. The molecule has 1 N–H and O–H groups in total. The topological polar surface area (TPSA) is 111 Å². The molecule has 2 fully saturated rings. The van der Waals surface area contributed by atoms with Crippen molar-refractivity contribution in [3.05, 3.63) is 41.6 Å². The first-order valence-corrected chi connectivity index (χ1v) is 13.6. The van der Waals surface area contributed by atoms with Crippen LogP contribution in [0.25, 0.3) is 0 Å². The van der Waals surface area contributed by atoms with Gasteiger partial charge >= 0.3 is 6.03 Å². The zero-order chi connectivity index (χ0) is 25.2. The van der Waals surface area contributed by atoms with Gasteiger partial charge in [0.2, 0.25) is 15.9 Å². The SMILES string of the molecule is CC(=O)N1CCN(c2cc(C)ccc2CN2CCN(C(=O)n3ccc(NS(C)(=O)=O)n3)CC2)CC1. The Hall–Kier alpha value is -3.12. The van der Waals surface area contributed by atoms with Crippen LogP contribution in [0, 0.1) is 6.92 Å². The number of carbonyl (C=O) groups is 2. The van der Waals surface area contributed by atoms with Crippen molar-refractivity contribution in [3.8, 4) is 0 Å². The Labute approximate surface area is 206 Å². The van der Waals surface area contributed by atoms with Gasteiger partial charge in [0.25, 0.3) is 0 Å². The summed E-state index contributed by atoms with van der Waals surface area (Å²) in [6.45, 7) is 10.2. The molecule has 12 heteroatoms. The minimum atomic E-state index is -3.45. The first-order valence-electron chi connectivity index (χ1n) is 11.7. The van der Waals surface area contributed by atoms with Crippen molar-refractivity contribution in [1.82, 2.24) is 24.5 Å². The molecule has 0 aliphatic carbocycles. The molecule has 0 saturated carbocycles. The quantitative estimate of drug-likeness (QED) is 0.648. The molecule has 0 bridgehead atoms. The van der Waals surface area contributed by atoms with E-state index >= 15 is 0 Å². The maximum atomic E-state index is 12.8. The number of piperazine rings is 2. The fourth-order valence-corrected chi connectivity index (χ4v) is 5.01. The van der Waals surface area contributed by atoms with E-state index in [-0.39, 0.29) is 17.8 Å². The summed E-state index contributed by atoms with van der Waals surface area (Å²) >= 11 is 0. The van der Waals surface area contributed by atoms with E-state index < -0.39 is 10.0 Å². The van der Waals surface area contributed by atoms with Crippen LogP contribution in [0.2, 0.25) is 0 Å². The van der Waals surface area contributed by atoms with Crippen LogP contribution < -0.4 is 9.62 Å². The van der Waals surface area contributed by atoms with E-state index in [2.05, 4.69) is 44.7 Å². The minimum absolute atomic E-state index is 0.121. The highest BCUT2D eigenvalue weighted by molar-refractivity contribution is 7.92. The summed E-state index contributed by atoms with van der Waals surface area (Å²) < 4.78 is 26.2. The molecule has 0 spiro atoms. The van der Waals surface area contributed by atoms with Crippen LogP contribution in [0.15, 0.2) is 30.5 Å². The predicted octanol–water partition coefficient (Wildman–Crippen LogP) is 1.02. The second kappa shape index (κ2) is 10.2. The van der Waals surface area contributed by atoms with Gasteiger partial charge in [0.05, 0.1) is 6.26 Å². The van der Waals surface area contributed by atoms with Crippen LogP contribution >= 0.6 is 0 Å². The normalized spacial score (nSPS) is 17.5. The Bertz CT molecular complexity index is 1180. The summed E-state index contributed by atoms with van der Waals surface area (Å²) in [5.74, 6) is 0.245. The predicted molar refractivity (Wildman–Crippen MR) is 134 cm³/mol. The first-order chi connectivity index (χ1) is 16.6. The molecule has 190 valence electrons. The third-order valence-corrected chi connectivity index (χ3v) is 7.00. The number of benzene rings is 1. The smallest absolute Gasteiger partial charge is 0.344 e. The van der Waals surface area contributed by atoms with Crippen molar-refractivity contribution in [3.63, 3.8) is 0 Å². The number of hydrogen-bond donors (Lipinski definition) is 1. The summed E-state index contributed by atoms with van der Waals surface area (Å²) in [4.78, 5) is 32.8. The molecule has 2 aromatic rings. The Kier molecular flexibility index (Phi) is 7.31. The highest BCUT2D eigenvalue weighted by Crippen LogP contribution is 2.26. The molecular formula is C23H33N7O4S. The minimum Gasteiger partial charge on any atom is -0.368 e. The molecule has 35 heavy (non-hydrogen) atoms. The Morgan fingerprint density at radius 2 is 1.63 bits per heavy atom. The molecule has 0 atom stereocenters. The van der Waals surface area contributed by atoms with E-state index in [4.69, 9.17) is 0 Å². The lowest BCUT2D eigenvalue weighted by Gasteiger charge is -2.38. The lowest BCUT2D eigenvalue weighted by atomic mass is 10.1. The molecule has 3 heterocycles. The van der Waals surface area contributed by atoms with Crippen molar-refractivity contribution >= 4 is 33.5 Å². The third kappa shape index (κ3) is 6.31. The number of hydrogen-bond acceptors (Lipinski definition) is 7. The van der Waals surface area contributed by atoms with Crippen LogP contribution in [-0.4, -0.2) is 103 Å². The zero-order valence-corrected chi connectivity index (χ0v) is 21.3. The summed E-state index contributed by atoms with van der Waals surface area (Å²) in [6.07, 6.45) is 2.51. The highest BCUT2D eigenvalue weighted by atomic mass is 32.2. The van der Waals surface area contributed by atoms with Crippen molar-refractivity contribution < 1.29 is 18.0 Å². The number of sulfonamides is 1. The monoisotopic (exact) mass is 503 g/mol. The Morgan fingerprint density at radius 1 is 0.971 bits per heavy atom. The number of nitrogens with one attached hydrogen (secondary N) is 1. The molecule has 1 aromatic carbocycles. The van der Waals surface area contributed by atoms with Crippen LogP contribution in [-0.2, 0) is 21.4 Å². The molecular weight excluding hydrogens is 470 g/mol. The maximum Gasteiger partial charge on any atom is 0.344 e. The van der Waals surface area contributed by atoms with E-state index in [1.807, 2.05) is 4.90 Å². The summed E-state index contributed by atoms with van der Waals surface area (Å²) in [7, 11) is -3.45. The van der Waals surface area contributed by atoms with Gasteiger partial charge in [-0.05, 0) is 24.1 Å². The van der Waals surface area contributed by atoms with Crippen molar-refractivity contribution in [2.24, 2.45) is 0 Å². The first kappa shape index (κ1) is 25.0. The Morgan fingerprint density at radius 3 is 2.26 bits per heavy atom. The molecule has 4 rings (SSSR count). The average molecular weight is 504 g/mol. The summed E-state index contributed by atoms with van der Waals surface area (Å²) in [5.41, 5.74) is 3.67. The van der Waals surface area contributed by atoms with Crippen LogP contribution in [0.5, 0.6) is 0 Å². The van der Waals surface area contributed by atoms with Crippen LogP contribution in [0.1, 0.15) is 18.1 Å². The van der Waals surface area contributed by atoms with E-state index in [1.165, 1.54) is 33.8 Å². The van der Waals surface area contributed by atoms with Gasteiger partial charge in [-0.15, -0.1) is 5.10 Å². The van der Waals surface area contributed by atoms with Crippen molar-refractivity contribution in [2.75, 3.05) is 68.2 Å². The average Bonchev–Trinajstić information content (AvgIpc) is 3.27. The summed E-state index contributed by atoms with van der Waals surface area (Å²) in [5, 5.41) is 4.04. The van der Waals surface area contributed by atoms with Gasteiger partial charge in [-0.2, -0.15) is 4.68 Å². The van der Waals surface area contributed by atoms with Gasteiger partial charge in [0.1, 0.15) is 0 Å². The van der Waals surface area contributed by atoms with E-state index in [0.29, 0.717) is 13.1 Å². The third-order valence-electron chi connectivity index (χ3n) is 6.42. The van der Waals surface area contributed by atoms with Crippen LogP contribution in [0.3, 0.4) is 0 Å². The largest absolute Gasteiger partial charge is 0.368 e. The maximum absolute atomic E-state index is 12.8. The number of amides is 2. The lowest BCUT2D eigenvalue weighted by Crippen LogP contribution is -2.50. The van der Waals surface area contributed by atoms with Crippen LogP contribution in [0.4, 0.5) is 16.3 Å². The van der Waals surface area contributed by atoms with Gasteiger partial charge in [-0.25, -0.2) is 13.2 Å². The zero-order valence-electron chi connectivity index (χ0n) is 20.5. The second-order valence-corrected chi connectivity index (χ2v) is 10.9. The lowest BCUT2D eigenvalue weighted by molar-refractivity contribution is -0.129. The molecule has 2 aliphatic rings. The van der Waals surface area contributed by atoms with Gasteiger partial charge in [-0.3, -0.25) is 14.4 Å². The number of aryl methyl sites for hydroxylation is 1. The molecule has 2 aliphatic heterocycles. The highest BCUT2D eigenvalue weighted by Gasteiger charge is 2.25. The van der Waals surface area contributed by atoms with E-state index in [1.54, 1.807) is 11.8 Å². The number of nitrogens with zero attached hydrogens (tertiary/aromatic N) is 6. The number of anilines is 2. The fraction of sp³-hybridized carbons (Fsp3) is 0.522. The molecule has 1 aromatic heterocycles. The van der Waals surface area contributed by atoms with Crippen molar-refractivity contribution in [1.29, 1.82) is 0 Å². The van der Waals surface area contributed by atoms with Gasteiger partial charge in [-0.1, -0.05) is 12.1 Å². The molecule has 0 radical (unpaired) electrons. The molecule has 2 amide bonds. The molecule has 11 nitrogen and oxygen atoms in total. The van der Waals surface area contributed by atoms with Gasteiger partial charge in [0, 0.05) is 83.8 Å². The fourth-order valence-electron chi connectivity index (χ4n) is 4.52. The number of rotatable bonds is 5. The molecule has 2 saturated heterocycles. The number of carbonyl (C=O) groups excluding carboxylic acids is 2. The van der Waals surface area contributed by atoms with Gasteiger partial charge in [0.15, 0.2) is 5.82 Å². The second-order valence-electron chi connectivity index (χ2n) is 9.19. The van der Waals surface area contributed by atoms with Gasteiger partial charge < -0.3 is 14.7 Å². The summed E-state index contributed by atoms with van der Waals surface area (Å²) in [6, 6.07) is 7.72. The van der Waals surface area contributed by atoms with Crippen molar-refractivity contribution in [2.45, 2.75) is 20.4 Å². The number of aromatic nitrogens is 2. The van der Waals surface area contributed by atoms with E-state index in [0.717, 1.165) is 52.1 Å². The standard InChI is InChI=1S/C23H33N7O4S/c1-18-4-5-20(21(16-18)28-14-12-27(13-15-28)19(2)31)17-26-8-10-29(11-9-26)23(32)30-7-6-22(24-30)25-35(3,33)34/h4-7,16H,8-15,17H2,1-3H3,(H,24,25).